The highest BCUT2D eigenvalue weighted by atomic mass is 35.5. The Morgan fingerprint density at radius 1 is 1.23 bits per heavy atom. The molecule has 0 saturated heterocycles. The molecule has 0 amide bonds. The van der Waals surface area contributed by atoms with Gasteiger partial charge in [0, 0.05) is 17.1 Å². The van der Waals surface area contributed by atoms with Gasteiger partial charge in [-0.2, -0.15) is 0 Å². The third kappa shape index (κ3) is 3.65. The first-order chi connectivity index (χ1) is 12.6. The number of phenols is 1. The summed E-state index contributed by atoms with van der Waals surface area (Å²) in [5.74, 6) is 1.20. The van der Waals surface area contributed by atoms with E-state index >= 15 is 0 Å². The first-order valence-electron chi connectivity index (χ1n) is 8.43. The van der Waals surface area contributed by atoms with E-state index in [2.05, 4.69) is 15.3 Å². The standard InChI is InChI=1S/C19H17ClFN3O2/c20-14-7-12(3-4-15(14)21)24-19-13-8-17(25)18(9-16(13)22-10-23-19)26-6-5-11-1-2-11/h3-4,7-11,25H,1-2,5-6H2,(H,22,23,24). The fourth-order valence-corrected chi connectivity index (χ4v) is 2.92. The Kier molecular flexibility index (Phi) is 4.51. The number of aromatic hydroxyl groups is 1. The minimum absolute atomic E-state index is 0.0163. The van der Waals surface area contributed by atoms with Crippen molar-refractivity contribution in [2.45, 2.75) is 19.3 Å². The number of aromatic nitrogens is 2. The largest absolute Gasteiger partial charge is 0.504 e. The molecular weight excluding hydrogens is 357 g/mol. The SMILES string of the molecule is Oc1cc2c(Nc3ccc(F)c(Cl)c3)ncnc2cc1OCCC1CC1. The molecule has 3 aromatic rings. The van der Waals surface area contributed by atoms with Gasteiger partial charge in [0.05, 0.1) is 17.1 Å². The number of nitrogens with one attached hydrogen (secondary N) is 1. The summed E-state index contributed by atoms with van der Waals surface area (Å²) in [5, 5.41) is 14.0. The van der Waals surface area contributed by atoms with Gasteiger partial charge >= 0.3 is 0 Å². The summed E-state index contributed by atoms with van der Waals surface area (Å²) >= 11 is 5.82. The third-order valence-corrected chi connectivity index (χ3v) is 4.67. The second-order valence-electron chi connectivity index (χ2n) is 6.39. The molecule has 0 spiro atoms. The molecular formula is C19H17ClFN3O2. The average Bonchev–Trinajstić information content (AvgIpc) is 3.44. The van der Waals surface area contributed by atoms with Crippen molar-refractivity contribution in [1.29, 1.82) is 0 Å². The Morgan fingerprint density at radius 3 is 2.85 bits per heavy atom. The van der Waals surface area contributed by atoms with E-state index in [4.69, 9.17) is 16.3 Å². The second-order valence-corrected chi connectivity index (χ2v) is 6.80. The van der Waals surface area contributed by atoms with Gasteiger partial charge in [-0.1, -0.05) is 24.4 Å². The number of hydrogen-bond acceptors (Lipinski definition) is 5. The van der Waals surface area contributed by atoms with Crippen molar-refractivity contribution in [3.05, 3.63) is 47.5 Å². The molecule has 4 rings (SSSR count). The Balaban J connectivity index is 1.60. The number of ether oxygens (including phenoxy) is 1. The first-order valence-corrected chi connectivity index (χ1v) is 8.80. The van der Waals surface area contributed by atoms with E-state index in [0.717, 1.165) is 12.3 Å². The lowest BCUT2D eigenvalue weighted by Crippen LogP contribution is -2.00. The lowest BCUT2D eigenvalue weighted by atomic mass is 10.2. The maximum Gasteiger partial charge on any atom is 0.163 e. The van der Waals surface area contributed by atoms with Crippen molar-refractivity contribution >= 4 is 34.0 Å². The molecule has 1 heterocycles. The molecule has 2 N–H and O–H groups in total. The van der Waals surface area contributed by atoms with Crippen molar-refractivity contribution in [3.8, 4) is 11.5 Å². The van der Waals surface area contributed by atoms with E-state index in [1.165, 1.54) is 31.3 Å². The summed E-state index contributed by atoms with van der Waals surface area (Å²) in [6.07, 6.45) is 4.95. The molecule has 0 aliphatic heterocycles. The maximum atomic E-state index is 13.3. The molecule has 0 unspecified atom stereocenters. The lowest BCUT2D eigenvalue weighted by Gasteiger charge is -2.12. The number of anilines is 2. The van der Waals surface area contributed by atoms with Crippen LogP contribution in [0, 0.1) is 11.7 Å². The van der Waals surface area contributed by atoms with Crippen LogP contribution in [-0.2, 0) is 0 Å². The minimum atomic E-state index is -0.490. The number of rotatable bonds is 6. The molecule has 26 heavy (non-hydrogen) atoms. The monoisotopic (exact) mass is 373 g/mol. The van der Waals surface area contributed by atoms with Crippen LogP contribution in [0.3, 0.4) is 0 Å². The highest BCUT2D eigenvalue weighted by Crippen LogP contribution is 2.36. The Hall–Kier alpha value is -2.60. The predicted molar refractivity (Wildman–Crippen MR) is 98.7 cm³/mol. The quantitative estimate of drug-likeness (QED) is 0.632. The van der Waals surface area contributed by atoms with Gasteiger partial charge in [0.25, 0.3) is 0 Å². The van der Waals surface area contributed by atoms with Gasteiger partial charge in [0.15, 0.2) is 11.5 Å². The van der Waals surface area contributed by atoms with Crippen molar-refractivity contribution < 1.29 is 14.2 Å². The van der Waals surface area contributed by atoms with Gasteiger partial charge in [-0.3, -0.25) is 0 Å². The minimum Gasteiger partial charge on any atom is -0.504 e. The van der Waals surface area contributed by atoms with Crippen molar-refractivity contribution in [3.63, 3.8) is 0 Å². The van der Waals surface area contributed by atoms with Crippen LogP contribution >= 0.6 is 11.6 Å². The average molecular weight is 374 g/mol. The molecule has 1 aliphatic rings. The molecule has 1 aromatic heterocycles. The van der Waals surface area contributed by atoms with Crippen LogP contribution in [0.5, 0.6) is 11.5 Å². The third-order valence-electron chi connectivity index (χ3n) is 4.38. The highest BCUT2D eigenvalue weighted by Gasteiger charge is 2.21. The molecule has 0 radical (unpaired) electrons. The zero-order valence-electron chi connectivity index (χ0n) is 13.9. The molecule has 1 saturated carbocycles. The topological polar surface area (TPSA) is 67.3 Å². The van der Waals surface area contributed by atoms with Crippen LogP contribution < -0.4 is 10.1 Å². The van der Waals surface area contributed by atoms with Crippen LogP contribution in [0.1, 0.15) is 19.3 Å². The number of phenolic OH excluding ortho intramolecular Hbond substituents is 1. The lowest BCUT2D eigenvalue weighted by molar-refractivity contribution is 0.287. The summed E-state index contributed by atoms with van der Waals surface area (Å²) in [7, 11) is 0. The van der Waals surface area contributed by atoms with Crippen LogP contribution in [0.25, 0.3) is 10.9 Å². The molecule has 2 aromatic carbocycles. The van der Waals surface area contributed by atoms with E-state index in [1.54, 1.807) is 18.2 Å². The van der Waals surface area contributed by atoms with E-state index in [0.29, 0.717) is 34.8 Å². The number of nitrogens with zero attached hydrogens (tertiary/aromatic N) is 2. The summed E-state index contributed by atoms with van der Waals surface area (Å²) in [6.45, 7) is 0.577. The zero-order valence-corrected chi connectivity index (χ0v) is 14.6. The van der Waals surface area contributed by atoms with Gasteiger partial charge in [0.2, 0.25) is 0 Å². The molecule has 0 bridgehead atoms. The summed E-state index contributed by atoms with van der Waals surface area (Å²) in [5.41, 5.74) is 1.22. The number of benzene rings is 2. The van der Waals surface area contributed by atoms with Crippen LogP contribution in [0.15, 0.2) is 36.7 Å². The Labute approximate surface area is 154 Å². The fourth-order valence-electron chi connectivity index (χ4n) is 2.74. The van der Waals surface area contributed by atoms with Crippen molar-refractivity contribution in [2.24, 2.45) is 5.92 Å². The normalized spacial score (nSPS) is 13.8. The van der Waals surface area contributed by atoms with Gasteiger partial charge in [0.1, 0.15) is 18.0 Å². The van der Waals surface area contributed by atoms with Gasteiger partial charge in [-0.15, -0.1) is 0 Å². The number of fused-ring (bicyclic) bond motifs is 1. The van der Waals surface area contributed by atoms with Crippen molar-refractivity contribution in [2.75, 3.05) is 11.9 Å². The number of hydrogen-bond donors (Lipinski definition) is 2. The molecule has 134 valence electrons. The summed E-state index contributed by atoms with van der Waals surface area (Å²) in [4.78, 5) is 8.45. The van der Waals surface area contributed by atoms with E-state index in [-0.39, 0.29) is 10.8 Å². The second kappa shape index (κ2) is 6.96. The molecule has 1 fully saturated rings. The number of halogens is 2. The Bertz CT molecular complexity index is 963. The first kappa shape index (κ1) is 16.8. The van der Waals surface area contributed by atoms with Gasteiger partial charge in [-0.25, -0.2) is 14.4 Å². The van der Waals surface area contributed by atoms with Crippen LogP contribution in [0.4, 0.5) is 15.9 Å². The van der Waals surface area contributed by atoms with Crippen LogP contribution in [-0.4, -0.2) is 21.7 Å². The molecule has 1 aliphatic carbocycles. The molecule has 0 atom stereocenters. The smallest absolute Gasteiger partial charge is 0.163 e. The van der Waals surface area contributed by atoms with Gasteiger partial charge < -0.3 is 15.2 Å². The highest BCUT2D eigenvalue weighted by molar-refractivity contribution is 6.31. The van der Waals surface area contributed by atoms with E-state index < -0.39 is 5.82 Å². The van der Waals surface area contributed by atoms with E-state index in [1.807, 2.05) is 0 Å². The molecule has 7 heteroatoms. The van der Waals surface area contributed by atoms with Crippen LogP contribution in [0.2, 0.25) is 5.02 Å². The van der Waals surface area contributed by atoms with Gasteiger partial charge in [-0.05, 0) is 36.6 Å². The fraction of sp³-hybridized carbons (Fsp3) is 0.263. The Morgan fingerprint density at radius 2 is 2.08 bits per heavy atom. The zero-order chi connectivity index (χ0) is 18.1. The van der Waals surface area contributed by atoms with E-state index in [9.17, 15) is 9.50 Å². The maximum absolute atomic E-state index is 13.3. The van der Waals surface area contributed by atoms with Crippen molar-refractivity contribution in [1.82, 2.24) is 9.97 Å². The summed E-state index contributed by atoms with van der Waals surface area (Å²) in [6, 6.07) is 7.57. The summed E-state index contributed by atoms with van der Waals surface area (Å²) < 4.78 is 19.0. The molecule has 5 nitrogen and oxygen atoms in total. The predicted octanol–water partition coefficient (Wildman–Crippen LogP) is 5.05.